The molecule has 0 N–H and O–H groups in total. The summed E-state index contributed by atoms with van der Waals surface area (Å²) in [7, 11) is 0. The number of hydrogen-bond acceptors (Lipinski definition) is 3. The van der Waals surface area contributed by atoms with Crippen LogP contribution in [-0.2, 0) is 0 Å². The molecule has 110 valence electrons. The van der Waals surface area contributed by atoms with E-state index in [1.54, 1.807) is 4.90 Å². The van der Waals surface area contributed by atoms with E-state index in [0.29, 0.717) is 29.3 Å². The summed E-state index contributed by atoms with van der Waals surface area (Å²) in [4.78, 5) is 24.9. The van der Waals surface area contributed by atoms with Gasteiger partial charge in [0.15, 0.2) is 0 Å². The molecule has 2 heterocycles. The number of thiophene rings is 1. The van der Waals surface area contributed by atoms with Crippen molar-refractivity contribution in [1.82, 2.24) is 4.90 Å². The Kier molecular flexibility index (Phi) is 4.53. The third-order valence-corrected chi connectivity index (χ3v) is 5.00. The first-order chi connectivity index (χ1) is 9.29. The van der Waals surface area contributed by atoms with E-state index in [9.17, 15) is 22.8 Å². The number of piperidine rings is 1. The lowest BCUT2D eigenvalue weighted by molar-refractivity contribution is -0.0882. The third-order valence-electron chi connectivity index (χ3n) is 3.01. The van der Waals surface area contributed by atoms with Gasteiger partial charge < -0.3 is 4.90 Å². The van der Waals surface area contributed by atoms with E-state index in [1.807, 2.05) is 0 Å². The fourth-order valence-corrected chi connectivity index (χ4v) is 3.26. The highest BCUT2D eigenvalue weighted by Gasteiger charge is 2.40. The molecule has 1 fully saturated rings. The number of alkyl halides is 4. The Morgan fingerprint density at radius 2 is 1.75 bits per heavy atom. The number of carbonyl (C=O) groups excluding carboxylic acids is 2. The Hall–Kier alpha value is -0.890. The molecular weight excluding hydrogens is 359 g/mol. The van der Waals surface area contributed by atoms with Crippen molar-refractivity contribution in [1.29, 1.82) is 0 Å². The second-order valence-electron chi connectivity index (χ2n) is 4.46. The third kappa shape index (κ3) is 3.41. The van der Waals surface area contributed by atoms with Crippen molar-refractivity contribution in [3.05, 3.63) is 21.9 Å². The molecule has 0 saturated carbocycles. The zero-order valence-corrected chi connectivity index (χ0v) is 12.6. The molecule has 0 radical (unpaired) electrons. The van der Waals surface area contributed by atoms with Crippen LogP contribution in [0.4, 0.5) is 13.2 Å². The molecule has 3 nitrogen and oxygen atoms in total. The number of halogens is 4. The van der Waals surface area contributed by atoms with Crippen LogP contribution in [0.1, 0.15) is 32.2 Å². The lowest BCUT2D eigenvalue weighted by Crippen LogP contribution is -2.38. The van der Waals surface area contributed by atoms with E-state index in [-0.39, 0.29) is 10.8 Å². The smallest absolute Gasteiger partial charge is 0.338 e. The van der Waals surface area contributed by atoms with Gasteiger partial charge in [0.1, 0.15) is 0 Å². The van der Waals surface area contributed by atoms with Gasteiger partial charge in [-0.05, 0) is 25.0 Å². The van der Waals surface area contributed by atoms with Gasteiger partial charge in [0, 0.05) is 17.9 Å². The Bertz CT molecular complexity index is 521. The minimum absolute atomic E-state index is 0.172. The van der Waals surface area contributed by atoms with E-state index < -0.39 is 16.8 Å². The number of hydrogen-bond donors (Lipinski definition) is 0. The number of likely N-dealkylation sites (tertiary alicyclic amines) is 1. The van der Waals surface area contributed by atoms with Crippen LogP contribution in [0.15, 0.2) is 12.1 Å². The normalized spacial score (nSPS) is 17.3. The Labute approximate surface area is 125 Å². The molecule has 1 amide bonds. The predicted molar refractivity (Wildman–Crippen MR) is 72.6 cm³/mol. The van der Waals surface area contributed by atoms with Gasteiger partial charge in [0.05, 0.1) is 9.75 Å². The molecule has 20 heavy (non-hydrogen) atoms. The molecule has 1 aromatic rings. The topological polar surface area (TPSA) is 37.4 Å². The fourth-order valence-electron chi connectivity index (χ4n) is 1.92. The van der Waals surface area contributed by atoms with Crippen molar-refractivity contribution in [2.24, 2.45) is 0 Å². The fraction of sp³-hybridized carbons (Fsp3) is 0.500. The number of amides is 1. The number of ketones is 1. The SMILES string of the molecule is O=C(c1ccc(C(=O)C(F)(F)F)s1)N1CCC(Br)CC1. The molecule has 0 aliphatic carbocycles. The first kappa shape index (κ1) is 15.5. The highest BCUT2D eigenvalue weighted by molar-refractivity contribution is 9.09. The van der Waals surface area contributed by atoms with Gasteiger partial charge in [-0.2, -0.15) is 13.2 Å². The van der Waals surface area contributed by atoms with Crippen molar-refractivity contribution < 1.29 is 22.8 Å². The maximum absolute atomic E-state index is 12.3. The Balaban J connectivity index is 2.09. The van der Waals surface area contributed by atoms with E-state index in [4.69, 9.17) is 0 Å². The number of nitrogens with zero attached hydrogens (tertiary/aromatic N) is 1. The van der Waals surface area contributed by atoms with Crippen LogP contribution >= 0.6 is 27.3 Å². The van der Waals surface area contributed by atoms with Gasteiger partial charge in [-0.25, -0.2) is 0 Å². The van der Waals surface area contributed by atoms with E-state index in [1.165, 1.54) is 6.07 Å². The Morgan fingerprint density at radius 1 is 1.20 bits per heavy atom. The standard InChI is InChI=1S/C12H11BrF3NO2S/c13-7-3-5-17(6-4-7)11(19)9-2-1-8(20-9)10(18)12(14,15)16/h1-2,7H,3-6H2. The molecule has 0 spiro atoms. The van der Waals surface area contributed by atoms with Gasteiger partial charge in [-0.3, -0.25) is 9.59 Å². The summed E-state index contributed by atoms with van der Waals surface area (Å²) in [5, 5.41) is 0. The lowest BCUT2D eigenvalue weighted by atomic mass is 10.1. The second kappa shape index (κ2) is 5.85. The van der Waals surface area contributed by atoms with Crippen LogP contribution in [0.3, 0.4) is 0 Å². The van der Waals surface area contributed by atoms with Crippen molar-refractivity contribution >= 4 is 39.0 Å². The molecule has 2 rings (SSSR count). The Morgan fingerprint density at radius 3 is 2.30 bits per heavy atom. The molecule has 0 atom stereocenters. The van der Waals surface area contributed by atoms with E-state index >= 15 is 0 Å². The quantitative estimate of drug-likeness (QED) is 0.591. The molecule has 1 aromatic heterocycles. The van der Waals surface area contributed by atoms with Crippen molar-refractivity contribution in [3.8, 4) is 0 Å². The lowest BCUT2D eigenvalue weighted by Gasteiger charge is -2.29. The monoisotopic (exact) mass is 369 g/mol. The summed E-state index contributed by atoms with van der Waals surface area (Å²) in [6, 6.07) is 2.34. The van der Waals surface area contributed by atoms with Gasteiger partial charge in [0.25, 0.3) is 11.7 Å². The number of rotatable bonds is 2. The van der Waals surface area contributed by atoms with E-state index in [0.717, 1.165) is 18.9 Å². The minimum Gasteiger partial charge on any atom is -0.338 e. The van der Waals surface area contributed by atoms with Gasteiger partial charge in [-0.15, -0.1) is 11.3 Å². The highest BCUT2D eigenvalue weighted by Crippen LogP contribution is 2.28. The highest BCUT2D eigenvalue weighted by atomic mass is 79.9. The average Bonchev–Trinajstić information content (AvgIpc) is 2.86. The average molecular weight is 370 g/mol. The second-order valence-corrected chi connectivity index (χ2v) is 6.84. The van der Waals surface area contributed by atoms with Crippen LogP contribution in [0, 0.1) is 0 Å². The van der Waals surface area contributed by atoms with Crippen molar-refractivity contribution in [2.45, 2.75) is 23.8 Å². The van der Waals surface area contributed by atoms with Crippen molar-refractivity contribution in [2.75, 3.05) is 13.1 Å². The molecule has 0 bridgehead atoms. The molecule has 0 unspecified atom stereocenters. The first-order valence-electron chi connectivity index (χ1n) is 5.93. The molecule has 1 saturated heterocycles. The van der Waals surface area contributed by atoms with Crippen LogP contribution in [0.2, 0.25) is 0 Å². The van der Waals surface area contributed by atoms with Crippen LogP contribution < -0.4 is 0 Å². The molecule has 1 aliphatic heterocycles. The molecule has 0 aromatic carbocycles. The zero-order valence-electron chi connectivity index (χ0n) is 10.2. The maximum atomic E-state index is 12.3. The summed E-state index contributed by atoms with van der Waals surface area (Å²) in [5.41, 5.74) is 0. The molecule has 1 aliphatic rings. The van der Waals surface area contributed by atoms with Gasteiger partial charge in [0.2, 0.25) is 0 Å². The van der Waals surface area contributed by atoms with Crippen LogP contribution in [-0.4, -0.2) is 40.7 Å². The molecule has 8 heteroatoms. The van der Waals surface area contributed by atoms with Crippen molar-refractivity contribution in [3.63, 3.8) is 0 Å². The van der Waals surface area contributed by atoms with Crippen LogP contribution in [0.5, 0.6) is 0 Å². The number of Topliss-reactive ketones (excluding diaryl/α,β-unsaturated/α-hetero) is 1. The largest absolute Gasteiger partial charge is 0.455 e. The summed E-state index contributed by atoms with van der Waals surface area (Å²) >= 11 is 4.06. The summed E-state index contributed by atoms with van der Waals surface area (Å²) in [5.74, 6) is -2.21. The molecular formula is C12H11BrF3NO2S. The van der Waals surface area contributed by atoms with E-state index in [2.05, 4.69) is 15.9 Å². The maximum Gasteiger partial charge on any atom is 0.455 e. The van der Waals surface area contributed by atoms with Gasteiger partial charge in [-0.1, -0.05) is 15.9 Å². The zero-order chi connectivity index (χ0) is 14.9. The van der Waals surface area contributed by atoms with Crippen LogP contribution in [0.25, 0.3) is 0 Å². The predicted octanol–water partition coefficient (Wildman–Crippen LogP) is 3.49. The summed E-state index contributed by atoms with van der Waals surface area (Å²) < 4.78 is 36.9. The first-order valence-corrected chi connectivity index (χ1v) is 7.67. The summed E-state index contributed by atoms with van der Waals surface area (Å²) in [6.07, 6.45) is -3.28. The van der Waals surface area contributed by atoms with Gasteiger partial charge >= 0.3 is 6.18 Å². The summed E-state index contributed by atoms with van der Waals surface area (Å²) in [6.45, 7) is 1.13. The number of carbonyl (C=O) groups is 2. The minimum atomic E-state index is -4.90.